The van der Waals surface area contributed by atoms with Crippen molar-refractivity contribution in [2.75, 3.05) is 7.11 Å². The second-order valence-corrected chi connectivity index (χ2v) is 4.92. The number of ether oxygens (including phenoxy) is 1. The molecule has 13 heavy (non-hydrogen) atoms. The quantitative estimate of drug-likeness (QED) is 0.756. The normalized spacial score (nSPS) is 12.6. The Morgan fingerprint density at radius 1 is 1.54 bits per heavy atom. The molecule has 0 N–H and O–H groups in total. The fourth-order valence-electron chi connectivity index (χ4n) is 1.16. The monoisotopic (exact) mass is 262 g/mol. The van der Waals surface area contributed by atoms with Gasteiger partial charge in [-0.1, -0.05) is 40.5 Å². The van der Waals surface area contributed by atoms with Gasteiger partial charge >= 0.3 is 0 Å². The first-order valence-corrected chi connectivity index (χ1v) is 5.39. The predicted molar refractivity (Wildman–Crippen MR) is 60.1 cm³/mol. The molecule has 1 atom stereocenters. The number of hydrogen-bond donors (Lipinski definition) is 0. The summed E-state index contributed by atoms with van der Waals surface area (Å²) in [6, 6.07) is 5.85. The van der Waals surface area contributed by atoms with E-state index in [1.54, 1.807) is 7.11 Å². The molecule has 0 spiro atoms. The number of methoxy groups -OCH3 is 1. The summed E-state index contributed by atoms with van der Waals surface area (Å²) in [6.45, 7) is 2.11. The Kier molecular flexibility index (Phi) is 4.07. The molecule has 0 fully saturated rings. The Labute approximate surface area is 92.2 Å². The molecule has 0 aliphatic carbocycles. The van der Waals surface area contributed by atoms with E-state index >= 15 is 0 Å². The van der Waals surface area contributed by atoms with Crippen LogP contribution >= 0.6 is 27.5 Å². The molecule has 0 aliphatic rings. The van der Waals surface area contributed by atoms with Crippen molar-refractivity contribution < 1.29 is 4.74 Å². The molecule has 0 aromatic heterocycles. The van der Waals surface area contributed by atoms with Crippen LogP contribution in [0.15, 0.2) is 18.2 Å². The van der Waals surface area contributed by atoms with Gasteiger partial charge in [0, 0.05) is 4.83 Å². The molecule has 1 unspecified atom stereocenters. The van der Waals surface area contributed by atoms with Crippen LogP contribution in [0.1, 0.15) is 12.5 Å². The molecule has 0 amide bonds. The molecule has 1 nitrogen and oxygen atoms in total. The highest BCUT2D eigenvalue weighted by molar-refractivity contribution is 9.09. The lowest BCUT2D eigenvalue weighted by Gasteiger charge is -2.07. The van der Waals surface area contributed by atoms with Crippen LogP contribution in [0.5, 0.6) is 5.75 Å². The molecule has 0 aliphatic heterocycles. The summed E-state index contributed by atoms with van der Waals surface area (Å²) in [5, 5.41) is 0.661. The molecule has 0 saturated carbocycles. The molecule has 0 bridgehead atoms. The maximum atomic E-state index is 5.90. The van der Waals surface area contributed by atoms with Gasteiger partial charge in [-0.3, -0.25) is 0 Å². The summed E-state index contributed by atoms with van der Waals surface area (Å²) in [6.07, 6.45) is 0.980. The third-order valence-electron chi connectivity index (χ3n) is 1.73. The molecule has 1 aromatic carbocycles. The summed E-state index contributed by atoms with van der Waals surface area (Å²) >= 11 is 9.40. The Bertz CT molecular complexity index is 286. The molecule has 1 rings (SSSR count). The van der Waals surface area contributed by atoms with E-state index < -0.39 is 0 Å². The van der Waals surface area contributed by atoms with E-state index in [0.29, 0.717) is 9.85 Å². The van der Waals surface area contributed by atoms with Crippen molar-refractivity contribution in [2.24, 2.45) is 0 Å². The summed E-state index contributed by atoms with van der Waals surface area (Å²) < 4.78 is 5.12. The van der Waals surface area contributed by atoms with Gasteiger partial charge in [-0.2, -0.15) is 0 Å². The highest BCUT2D eigenvalue weighted by atomic mass is 79.9. The average Bonchev–Trinajstić information content (AvgIpc) is 2.07. The minimum atomic E-state index is 0.471. The van der Waals surface area contributed by atoms with Crippen LogP contribution in [0.25, 0.3) is 0 Å². The summed E-state index contributed by atoms with van der Waals surface area (Å²) in [5.74, 6) is 0.743. The number of halogens is 2. The van der Waals surface area contributed by atoms with Gasteiger partial charge in [-0.25, -0.2) is 0 Å². The third-order valence-corrected chi connectivity index (χ3v) is 2.37. The van der Waals surface area contributed by atoms with Crippen LogP contribution in [-0.4, -0.2) is 11.9 Å². The Balaban J connectivity index is 2.86. The molecular formula is C10H12BrClO. The van der Waals surface area contributed by atoms with E-state index in [2.05, 4.69) is 22.9 Å². The van der Waals surface area contributed by atoms with Gasteiger partial charge in [0.2, 0.25) is 0 Å². The number of hydrogen-bond acceptors (Lipinski definition) is 1. The highest BCUT2D eigenvalue weighted by Crippen LogP contribution is 2.26. The first kappa shape index (κ1) is 10.9. The summed E-state index contributed by atoms with van der Waals surface area (Å²) in [5.41, 5.74) is 1.23. The van der Waals surface area contributed by atoms with Crippen molar-refractivity contribution in [3.05, 3.63) is 28.8 Å². The zero-order chi connectivity index (χ0) is 9.84. The fourth-order valence-corrected chi connectivity index (χ4v) is 1.72. The van der Waals surface area contributed by atoms with Crippen molar-refractivity contribution in [1.82, 2.24) is 0 Å². The third kappa shape index (κ3) is 3.20. The Hall–Kier alpha value is -0.210. The minimum absolute atomic E-state index is 0.471. The van der Waals surface area contributed by atoms with Gasteiger partial charge in [0.05, 0.1) is 12.1 Å². The van der Waals surface area contributed by atoms with E-state index in [1.807, 2.05) is 18.2 Å². The summed E-state index contributed by atoms with van der Waals surface area (Å²) in [7, 11) is 1.63. The smallest absolute Gasteiger partial charge is 0.137 e. The van der Waals surface area contributed by atoms with Crippen LogP contribution in [0.4, 0.5) is 0 Å². The number of rotatable bonds is 3. The highest BCUT2D eigenvalue weighted by Gasteiger charge is 2.03. The predicted octanol–water partition coefficient (Wildman–Crippen LogP) is 3.67. The van der Waals surface area contributed by atoms with Crippen molar-refractivity contribution in [1.29, 1.82) is 0 Å². The van der Waals surface area contributed by atoms with Crippen LogP contribution in [0, 0.1) is 0 Å². The Morgan fingerprint density at radius 2 is 2.23 bits per heavy atom. The maximum Gasteiger partial charge on any atom is 0.137 e. The number of alkyl halides is 1. The lowest BCUT2D eigenvalue weighted by molar-refractivity contribution is 0.414. The lowest BCUT2D eigenvalue weighted by atomic mass is 10.1. The largest absolute Gasteiger partial charge is 0.495 e. The topological polar surface area (TPSA) is 9.23 Å². The molecule has 0 heterocycles. The van der Waals surface area contributed by atoms with Crippen molar-refractivity contribution in [3.8, 4) is 5.75 Å². The van der Waals surface area contributed by atoms with Crippen LogP contribution in [0.2, 0.25) is 5.02 Å². The van der Waals surface area contributed by atoms with Crippen molar-refractivity contribution in [3.63, 3.8) is 0 Å². The van der Waals surface area contributed by atoms with Gasteiger partial charge in [-0.15, -0.1) is 0 Å². The molecule has 0 radical (unpaired) electrons. The second kappa shape index (κ2) is 4.87. The second-order valence-electron chi connectivity index (χ2n) is 2.95. The molecule has 0 saturated heterocycles. The zero-order valence-electron chi connectivity index (χ0n) is 7.68. The SMILES string of the molecule is COc1cc(CC(C)Br)ccc1Cl. The molecule has 1 aromatic rings. The molecule has 72 valence electrons. The van der Waals surface area contributed by atoms with Crippen molar-refractivity contribution in [2.45, 2.75) is 18.2 Å². The molecular weight excluding hydrogens is 251 g/mol. The molecule has 3 heteroatoms. The fraction of sp³-hybridized carbons (Fsp3) is 0.400. The van der Waals surface area contributed by atoms with Gasteiger partial charge in [0.1, 0.15) is 5.75 Å². The standard InChI is InChI=1S/C10H12BrClO/c1-7(11)5-8-3-4-9(12)10(6-8)13-2/h3-4,6-7H,5H2,1-2H3. The van der Waals surface area contributed by atoms with Gasteiger partial charge < -0.3 is 4.74 Å². The van der Waals surface area contributed by atoms with Gasteiger partial charge in [-0.05, 0) is 24.1 Å². The first-order valence-electron chi connectivity index (χ1n) is 4.10. The first-order chi connectivity index (χ1) is 6.13. The van der Waals surface area contributed by atoms with Gasteiger partial charge in [0.15, 0.2) is 0 Å². The van der Waals surface area contributed by atoms with Crippen molar-refractivity contribution >= 4 is 27.5 Å². The van der Waals surface area contributed by atoms with Crippen LogP contribution < -0.4 is 4.74 Å². The number of benzene rings is 1. The van der Waals surface area contributed by atoms with Gasteiger partial charge in [0.25, 0.3) is 0 Å². The Morgan fingerprint density at radius 3 is 2.77 bits per heavy atom. The lowest BCUT2D eigenvalue weighted by Crippen LogP contribution is -1.96. The summed E-state index contributed by atoms with van der Waals surface area (Å²) in [4.78, 5) is 0.471. The van der Waals surface area contributed by atoms with E-state index in [-0.39, 0.29) is 0 Å². The van der Waals surface area contributed by atoms with E-state index in [9.17, 15) is 0 Å². The van der Waals surface area contributed by atoms with E-state index in [1.165, 1.54) is 5.56 Å². The maximum absolute atomic E-state index is 5.90. The zero-order valence-corrected chi connectivity index (χ0v) is 10.0. The van der Waals surface area contributed by atoms with E-state index in [0.717, 1.165) is 12.2 Å². The minimum Gasteiger partial charge on any atom is -0.495 e. The van der Waals surface area contributed by atoms with E-state index in [4.69, 9.17) is 16.3 Å². The van der Waals surface area contributed by atoms with Crippen LogP contribution in [0.3, 0.4) is 0 Å². The van der Waals surface area contributed by atoms with Crippen LogP contribution in [-0.2, 0) is 6.42 Å². The average molecular weight is 264 g/mol.